The molecule has 1 aromatic heterocycles. The van der Waals surface area contributed by atoms with E-state index in [1.165, 1.54) is 17.5 Å². The molecule has 2 heterocycles. The molecule has 3 rings (SSSR count). The van der Waals surface area contributed by atoms with Crippen LogP contribution in [0.15, 0.2) is 30.5 Å². The zero-order valence-electron chi connectivity index (χ0n) is 13.7. The number of piperidine rings is 1. The van der Waals surface area contributed by atoms with Crippen molar-refractivity contribution in [3.63, 3.8) is 0 Å². The van der Waals surface area contributed by atoms with Gasteiger partial charge in [-0.05, 0) is 49.9 Å². The van der Waals surface area contributed by atoms with Crippen LogP contribution in [-0.4, -0.2) is 38.8 Å². The highest BCUT2D eigenvalue weighted by Gasteiger charge is 2.22. The standard InChI is InChI=1S/C18H23N3O2/c1-13-17(10-20(2)19-13)12-21-9-3-4-16(11-21)14-5-7-15(8-6-14)18(22)23/h5-8,10,16H,3-4,9,11-12H2,1-2H3,(H,22,23)/t16-/m0/s1. The van der Waals surface area contributed by atoms with Crippen LogP contribution in [-0.2, 0) is 13.6 Å². The molecule has 1 aromatic carbocycles. The van der Waals surface area contributed by atoms with Crippen LogP contribution in [0, 0.1) is 6.92 Å². The number of carboxylic acid groups (broad SMARTS) is 1. The van der Waals surface area contributed by atoms with Crippen LogP contribution in [0.4, 0.5) is 0 Å². The fraction of sp³-hybridized carbons (Fsp3) is 0.444. The van der Waals surface area contributed by atoms with Gasteiger partial charge in [0.25, 0.3) is 0 Å². The molecule has 0 unspecified atom stereocenters. The van der Waals surface area contributed by atoms with Crippen molar-refractivity contribution >= 4 is 5.97 Å². The molecule has 122 valence electrons. The number of carbonyl (C=O) groups is 1. The van der Waals surface area contributed by atoms with Crippen LogP contribution < -0.4 is 0 Å². The first-order valence-electron chi connectivity index (χ1n) is 8.07. The third kappa shape index (κ3) is 3.62. The van der Waals surface area contributed by atoms with Crippen molar-refractivity contribution in [2.75, 3.05) is 13.1 Å². The molecule has 0 aliphatic carbocycles. The zero-order chi connectivity index (χ0) is 16.4. The highest BCUT2D eigenvalue weighted by Crippen LogP contribution is 2.28. The van der Waals surface area contributed by atoms with Gasteiger partial charge in [0.15, 0.2) is 0 Å². The van der Waals surface area contributed by atoms with Gasteiger partial charge in [-0.15, -0.1) is 0 Å². The number of nitrogens with zero attached hydrogens (tertiary/aromatic N) is 3. The molecule has 0 radical (unpaired) electrons. The summed E-state index contributed by atoms with van der Waals surface area (Å²) in [6.07, 6.45) is 4.43. The first kappa shape index (κ1) is 15.7. The second-order valence-corrected chi connectivity index (χ2v) is 6.41. The van der Waals surface area contributed by atoms with Gasteiger partial charge in [0.2, 0.25) is 0 Å². The molecular formula is C18H23N3O2. The number of aromatic carboxylic acids is 1. The smallest absolute Gasteiger partial charge is 0.335 e. The van der Waals surface area contributed by atoms with Crippen molar-refractivity contribution < 1.29 is 9.90 Å². The molecule has 23 heavy (non-hydrogen) atoms. The van der Waals surface area contributed by atoms with Crippen LogP contribution in [0.3, 0.4) is 0 Å². The van der Waals surface area contributed by atoms with Gasteiger partial charge >= 0.3 is 5.97 Å². The van der Waals surface area contributed by atoms with Gasteiger partial charge in [-0.1, -0.05) is 12.1 Å². The first-order chi connectivity index (χ1) is 11.0. The molecule has 0 amide bonds. The summed E-state index contributed by atoms with van der Waals surface area (Å²) in [5.74, 6) is -0.391. The summed E-state index contributed by atoms with van der Waals surface area (Å²) in [7, 11) is 1.96. The normalized spacial score (nSPS) is 19.0. The fourth-order valence-electron chi connectivity index (χ4n) is 3.41. The number of aromatic nitrogens is 2. The summed E-state index contributed by atoms with van der Waals surface area (Å²) in [4.78, 5) is 13.4. The fourth-order valence-corrected chi connectivity index (χ4v) is 3.41. The molecule has 1 fully saturated rings. The van der Waals surface area contributed by atoms with Crippen molar-refractivity contribution in [3.8, 4) is 0 Å². The molecule has 0 spiro atoms. The number of carboxylic acids is 1. The van der Waals surface area contributed by atoms with E-state index in [1.54, 1.807) is 12.1 Å². The molecule has 1 aliphatic heterocycles. The van der Waals surface area contributed by atoms with Crippen molar-refractivity contribution in [1.29, 1.82) is 0 Å². The molecule has 1 saturated heterocycles. The van der Waals surface area contributed by atoms with E-state index in [0.29, 0.717) is 11.5 Å². The Balaban J connectivity index is 1.68. The molecule has 2 aromatic rings. The third-order valence-corrected chi connectivity index (χ3v) is 4.64. The Kier molecular flexibility index (Phi) is 4.48. The largest absolute Gasteiger partial charge is 0.478 e. The SMILES string of the molecule is Cc1nn(C)cc1CN1CCC[C@H](c2ccc(C(=O)O)cc2)C1. The van der Waals surface area contributed by atoms with Crippen molar-refractivity contribution in [2.24, 2.45) is 7.05 Å². The maximum absolute atomic E-state index is 11.0. The predicted molar refractivity (Wildman–Crippen MR) is 88.6 cm³/mol. The van der Waals surface area contributed by atoms with Gasteiger partial charge < -0.3 is 5.11 Å². The van der Waals surface area contributed by atoms with E-state index in [9.17, 15) is 4.79 Å². The summed E-state index contributed by atoms with van der Waals surface area (Å²) < 4.78 is 1.87. The topological polar surface area (TPSA) is 58.4 Å². The number of benzene rings is 1. The molecule has 5 nitrogen and oxygen atoms in total. The van der Waals surface area contributed by atoms with Crippen molar-refractivity contribution in [1.82, 2.24) is 14.7 Å². The molecule has 0 bridgehead atoms. The quantitative estimate of drug-likeness (QED) is 0.943. The van der Waals surface area contributed by atoms with E-state index >= 15 is 0 Å². The number of likely N-dealkylation sites (tertiary alicyclic amines) is 1. The van der Waals surface area contributed by atoms with E-state index in [1.807, 2.05) is 23.9 Å². The summed E-state index contributed by atoms with van der Waals surface area (Å²) in [5.41, 5.74) is 3.98. The second kappa shape index (κ2) is 6.54. The minimum absolute atomic E-state index is 0.354. The third-order valence-electron chi connectivity index (χ3n) is 4.64. The summed E-state index contributed by atoms with van der Waals surface area (Å²) in [6, 6.07) is 7.35. The molecule has 5 heteroatoms. The number of hydrogen-bond donors (Lipinski definition) is 1. The molecular weight excluding hydrogens is 290 g/mol. The highest BCUT2D eigenvalue weighted by atomic mass is 16.4. The van der Waals surface area contributed by atoms with Crippen LogP contribution >= 0.6 is 0 Å². The van der Waals surface area contributed by atoms with Gasteiger partial charge in [0.05, 0.1) is 11.3 Å². The van der Waals surface area contributed by atoms with Gasteiger partial charge in [-0.2, -0.15) is 5.10 Å². The second-order valence-electron chi connectivity index (χ2n) is 6.41. The highest BCUT2D eigenvalue weighted by molar-refractivity contribution is 5.87. The Morgan fingerprint density at radius 2 is 2.09 bits per heavy atom. The van der Waals surface area contributed by atoms with E-state index in [2.05, 4.69) is 23.1 Å². The van der Waals surface area contributed by atoms with E-state index in [0.717, 1.165) is 31.7 Å². The van der Waals surface area contributed by atoms with E-state index in [4.69, 9.17) is 5.11 Å². The lowest BCUT2D eigenvalue weighted by Crippen LogP contribution is -2.34. The van der Waals surface area contributed by atoms with Crippen LogP contribution in [0.5, 0.6) is 0 Å². The van der Waals surface area contributed by atoms with Gasteiger partial charge in [-0.3, -0.25) is 9.58 Å². The molecule has 1 N–H and O–H groups in total. The zero-order valence-corrected chi connectivity index (χ0v) is 13.7. The predicted octanol–water partition coefficient (Wildman–Crippen LogP) is 2.81. The van der Waals surface area contributed by atoms with Crippen LogP contribution in [0.1, 0.15) is 45.9 Å². The lowest BCUT2D eigenvalue weighted by atomic mass is 9.90. The Hall–Kier alpha value is -2.14. The minimum atomic E-state index is -0.867. The summed E-state index contributed by atoms with van der Waals surface area (Å²) in [5, 5.41) is 13.4. The van der Waals surface area contributed by atoms with Crippen LogP contribution in [0.2, 0.25) is 0 Å². The van der Waals surface area contributed by atoms with E-state index in [-0.39, 0.29) is 0 Å². The summed E-state index contributed by atoms with van der Waals surface area (Å²) >= 11 is 0. The monoisotopic (exact) mass is 313 g/mol. The molecule has 1 aliphatic rings. The Labute approximate surface area is 136 Å². The lowest BCUT2D eigenvalue weighted by molar-refractivity contribution is 0.0697. The van der Waals surface area contributed by atoms with Gasteiger partial charge in [-0.25, -0.2) is 4.79 Å². The Bertz CT molecular complexity index is 691. The Morgan fingerprint density at radius 1 is 1.35 bits per heavy atom. The molecule has 1 atom stereocenters. The van der Waals surface area contributed by atoms with Crippen molar-refractivity contribution in [2.45, 2.75) is 32.2 Å². The molecule has 0 saturated carbocycles. The van der Waals surface area contributed by atoms with Crippen LogP contribution in [0.25, 0.3) is 0 Å². The minimum Gasteiger partial charge on any atom is -0.478 e. The number of hydrogen-bond acceptors (Lipinski definition) is 3. The van der Waals surface area contributed by atoms with Crippen molar-refractivity contribution in [3.05, 3.63) is 52.8 Å². The average molecular weight is 313 g/mol. The maximum Gasteiger partial charge on any atom is 0.335 e. The number of rotatable bonds is 4. The van der Waals surface area contributed by atoms with E-state index < -0.39 is 5.97 Å². The summed E-state index contributed by atoms with van der Waals surface area (Å²) in [6.45, 7) is 5.11. The number of aryl methyl sites for hydroxylation is 2. The average Bonchev–Trinajstić information content (AvgIpc) is 2.85. The lowest BCUT2D eigenvalue weighted by Gasteiger charge is -2.33. The van der Waals surface area contributed by atoms with Gasteiger partial charge in [0.1, 0.15) is 0 Å². The first-order valence-corrected chi connectivity index (χ1v) is 8.07. The maximum atomic E-state index is 11.0. The Morgan fingerprint density at radius 3 is 2.70 bits per heavy atom. The van der Waals surface area contributed by atoms with Gasteiger partial charge in [0, 0.05) is 31.9 Å².